The normalized spacial score (nSPS) is 19.7. The van der Waals surface area contributed by atoms with Crippen LogP contribution in [0.2, 0.25) is 10.0 Å². The smallest absolute Gasteiger partial charge is 0.314 e. The third-order valence-electron chi connectivity index (χ3n) is 7.10. The van der Waals surface area contributed by atoms with Crippen molar-refractivity contribution in [2.45, 2.75) is 63.6 Å². The van der Waals surface area contributed by atoms with E-state index < -0.39 is 5.41 Å². The van der Waals surface area contributed by atoms with E-state index in [9.17, 15) is 14.9 Å². The number of aryl methyl sites for hydroxylation is 1. The second kappa shape index (κ2) is 11.5. The maximum Gasteiger partial charge on any atom is 0.331 e. The van der Waals surface area contributed by atoms with Gasteiger partial charge in [0.05, 0.1) is 18.0 Å². The third-order valence-corrected chi connectivity index (χ3v) is 7.64. The molecule has 0 atom stereocenters. The van der Waals surface area contributed by atoms with Crippen LogP contribution < -0.4 is 16.6 Å². The molecule has 1 N–H and O–H groups in total. The molecule has 0 amide bonds. The van der Waals surface area contributed by atoms with Gasteiger partial charge in [-0.05, 0) is 68.8 Å². The largest absolute Gasteiger partial charge is 0.331 e. The monoisotopic (exact) mass is 524 g/mol. The number of halogens is 2. The summed E-state index contributed by atoms with van der Waals surface area (Å²) in [6, 6.07) is 17.9. The van der Waals surface area contributed by atoms with Crippen molar-refractivity contribution in [3.8, 4) is 6.07 Å². The molecular weight excluding hydrogens is 495 g/mol. The number of benzene rings is 2. The average molecular weight is 525 g/mol. The quantitative estimate of drug-likeness (QED) is 0.417. The lowest BCUT2D eigenvalue weighted by molar-refractivity contribution is 0.294. The Labute approximate surface area is 221 Å². The molecule has 0 radical (unpaired) electrons. The van der Waals surface area contributed by atoms with Gasteiger partial charge >= 0.3 is 5.69 Å². The van der Waals surface area contributed by atoms with Gasteiger partial charge in [-0.3, -0.25) is 13.9 Å². The Morgan fingerprint density at radius 3 is 2.50 bits per heavy atom. The number of aromatic nitrogens is 2. The van der Waals surface area contributed by atoms with Crippen LogP contribution in [0.5, 0.6) is 0 Å². The second-order valence-electron chi connectivity index (χ2n) is 9.57. The molecule has 0 bridgehead atoms. The third kappa shape index (κ3) is 5.75. The highest BCUT2D eigenvalue weighted by atomic mass is 35.5. The number of nitrogens with zero attached hydrogens (tertiary/aromatic N) is 3. The summed E-state index contributed by atoms with van der Waals surface area (Å²) < 4.78 is 2.94. The highest BCUT2D eigenvalue weighted by Crippen LogP contribution is 2.42. The van der Waals surface area contributed by atoms with Crippen LogP contribution in [0.1, 0.15) is 48.8 Å². The van der Waals surface area contributed by atoms with Crippen molar-refractivity contribution in [1.29, 1.82) is 5.26 Å². The van der Waals surface area contributed by atoms with Gasteiger partial charge in [0.15, 0.2) is 0 Å². The van der Waals surface area contributed by atoms with Gasteiger partial charge in [-0.25, -0.2) is 4.79 Å². The molecular formula is C28H30Cl2N4O2. The fourth-order valence-electron chi connectivity index (χ4n) is 5.07. The second-order valence-corrected chi connectivity index (χ2v) is 10.4. The molecule has 2 aromatic carbocycles. The zero-order valence-electron chi connectivity index (χ0n) is 20.3. The molecule has 3 aromatic rings. The molecule has 1 heterocycles. The van der Waals surface area contributed by atoms with E-state index in [1.165, 1.54) is 4.57 Å². The Balaban J connectivity index is 1.34. The predicted molar refractivity (Wildman–Crippen MR) is 144 cm³/mol. The molecule has 188 valence electrons. The van der Waals surface area contributed by atoms with E-state index >= 15 is 0 Å². The van der Waals surface area contributed by atoms with Crippen molar-refractivity contribution in [2.24, 2.45) is 0 Å². The van der Waals surface area contributed by atoms with Crippen molar-refractivity contribution in [3.05, 3.63) is 102 Å². The van der Waals surface area contributed by atoms with Gasteiger partial charge in [0.1, 0.15) is 0 Å². The minimum Gasteiger partial charge on any atom is -0.314 e. The van der Waals surface area contributed by atoms with Gasteiger partial charge < -0.3 is 5.32 Å². The fraction of sp³-hybridized carbons (Fsp3) is 0.393. The van der Waals surface area contributed by atoms with E-state index in [2.05, 4.69) is 11.4 Å². The van der Waals surface area contributed by atoms with Crippen molar-refractivity contribution in [2.75, 3.05) is 6.54 Å². The fourth-order valence-corrected chi connectivity index (χ4v) is 5.66. The summed E-state index contributed by atoms with van der Waals surface area (Å²) >= 11 is 12.5. The summed E-state index contributed by atoms with van der Waals surface area (Å²) in [6.07, 6.45) is 5.42. The number of hydrogen-bond donors (Lipinski definition) is 1. The first-order valence-electron chi connectivity index (χ1n) is 12.3. The molecule has 36 heavy (non-hydrogen) atoms. The Kier molecular flexibility index (Phi) is 8.35. The number of nitrogens with one attached hydrogen (secondary N) is 1. The highest BCUT2D eigenvalue weighted by molar-refractivity contribution is 6.35. The molecule has 0 unspecified atom stereocenters. The van der Waals surface area contributed by atoms with Crippen LogP contribution in [0, 0.1) is 18.3 Å². The molecule has 4 rings (SSSR count). The molecule has 0 saturated heterocycles. The Morgan fingerprint density at radius 1 is 1.11 bits per heavy atom. The van der Waals surface area contributed by atoms with Crippen molar-refractivity contribution in [3.63, 3.8) is 0 Å². The molecule has 0 spiro atoms. The molecule has 1 aliphatic rings. The lowest BCUT2D eigenvalue weighted by atomic mass is 9.69. The number of rotatable bonds is 8. The van der Waals surface area contributed by atoms with Gasteiger partial charge in [-0.15, -0.1) is 0 Å². The van der Waals surface area contributed by atoms with Crippen LogP contribution in [-0.2, 0) is 18.5 Å². The topological polar surface area (TPSA) is 79.8 Å². The number of hydrogen-bond acceptors (Lipinski definition) is 4. The van der Waals surface area contributed by atoms with Crippen LogP contribution >= 0.6 is 23.2 Å². The summed E-state index contributed by atoms with van der Waals surface area (Å²) in [5, 5.41) is 14.6. The molecule has 6 nitrogen and oxygen atoms in total. The maximum atomic E-state index is 13.0. The lowest BCUT2D eigenvalue weighted by Gasteiger charge is -2.36. The van der Waals surface area contributed by atoms with Crippen LogP contribution in [-0.4, -0.2) is 21.7 Å². The van der Waals surface area contributed by atoms with Crippen LogP contribution in [0.3, 0.4) is 0 Å². The van der Waals surface area contributed by atoms with Gasteiger partial charge in [-0.1, -0.05) is 59.6 Å². The minimum absolute atomic E-state index is 0.236. The van der Waals surface area contributed by atoms with Gasteiger partial charge in [-0.2, -0.15) is 5.26 Å². The van der Waals surface area contributed by atoms with Gasteiger partial charge in [0, 0.05) is 34.4 Å². The first-order chi connectivity index (χ1) is 17.3. The summed E-state index contributed by atoms with van der Waals surface area (Å²) in [5.74, 6) is 0. The summed E-state index contributed by atoms with van der Waals surface area (Å²) in [7, 11) is 0. The Bertz CT molecular complexity index is 1370. The highest BCUT2D eigenvalue weighted by Gasteiger charge is 2.38. The van der Waals surface area contributed by atoms with Crippen LogP contribution in [0.15, 0.2) is 64.3 Å². The molecule has 1 aliphatic carbocycles. The molecule has 1 saturated carbocycles. The zero-order chi connectivity index (χ0) is 25.7. The Morgan fingerprint density at radius 2 is 1.83 bits per heavy atom. The minimum atomic E-state index is -0.599. The van der Waals surface area contributed by atoms with E-state index in [1.54, 1.807) is 29.8 Å². The SMILES string of the molecule is Cc1cn(Cc2ccccc2)c(=O)n(CCCNC2CCC(C#N)(c3ccc(Cl)cc3Cl)CC2)c1=O. The average Bonchev–Trinajstić information content (AvgIpc) is 2.88. The zero-order valence-corrected chi connectivity index (χ0v) is 21.9. The van der Waals surface area contributed by atoms with Crippen LogP contribution in [0.25, 0.3) is 0 Å². The molecule has 1 fully saturated rings. The van der Waals surface area contributed by atoms with E-state index in [-0.39, 0.29) is 17.3 Å². The standard InChI is InChI=1S/C28H30Cl2N4O2/c1-20-17-33(18-21-6-3-2-4-7-21)27(36)34(26(20)35)15-5-14-32-23-10-12-28(19-31,13-11-23)24-9-8-22(29)16-25(24)30/h2-4,6-9,16-17,23,32H,5,10-15,18H2,1H3. The lowest BCUT2D eigenvalue weighted by Crippen LogP contribution is -2.42. The summed E-state index contributed by atoms with van der Waals surface area (Å²) in [4.78, 5) is 25.6. The first kappa shape index (κ1) is 26.2. The molecule has 1 aromatic heterocycles. The van der Waals surface area contributed by atoms with E-state index in [1.807, 2.05) is 36.4 Å². The Hall–Kier alpha value is -2.85. The molecule has 0 aliphatic heterocycles. The summed E-state index contributed by atoms with van der Waals surface area (Å²) in [6.45, 7) is 3.22. The predicted octanol–water partition coefficient (Wildman–Crippen LogP) is 5.06. The van der Waals surface area contributed by atoms with E-state index in [0.717, 1.165) is 24.0 Å². The van der Waals surface area contributed by atoms with Crippen LogP contribution in [0.4, 0.5) is 0 Å². The van der Waals surface area contributed by atoms with Crippen molar-refractivity contribution in [1.82, 2.24) is 14.5 Å². The van der Waals surface area contributed by atoms with Crippen molar-refractivity contribution >= 4 is 23.2 Å². The van der Waals surface area contributed by atoms with Crippen molar-refractivity contribution < 1.29 is 0 Å². The van der Waals surface area contributed by atoms with Gasteiger partial charge in [0.2, 0.25) is 0 Å². The molecule has 8 heteroatoms. The van der Waals surface area contributed by atoms with Gasteiger partial charge in [0.25, 0.3) is 5.56 Å². The maximum absolute atomic E-state index is 13.0. The first-order valence-corrected chi connectivity index (χ1v) is 13.0. The summed E-state index contributed by atoms with van der Waals surface area (Å²) in [5.41, 5.74) is 1.29. The van der Waals surface area contributed by atoms with E-state index in [4.69, 9.17) is 23.2 Å². The number of nitriles is 1. The van der Waals surface area contributed by atoms with E-state index in [0.29, 0.717) is 54.5 Å².